The Hall–Kier alpha value is -0.980. The van der Waals surface area contributed by atoms with Gasteiger partial charge in [-0.2, -0.15) is 0 Å². The maximum absolute atomic E-state index is 6.68. The molecule has 0 amide bonds. The maximum atomic E-state index is 6.68. The van der Waals surface area contributed by atoms with Gasteiger partial charge >= 0.3 is 0 Å². The number of hydrogen-bond donors (Lipinski definition) is 0. The lowest BCUT2D eigenvalue weighted by Crippen LogP contribution is -2.24. The van der Waals surface area contributed by atoms with E-state index in [0.29, 0.717) is 5.92 Å². The predicted molar refractivity (Wildman–Crippen MR) is 75.7 cm³/mol. The highest BCUT2D eigenvalue weighted by Crippen LogP contribution is 2.59. The van der Waals surface area contributed by atoms with Crippen molar-refractivity contribution in [2.24, 2.45) is 0 Å². The number of alkyl halides is 2. The van der Waals surface area contributed by atoms with Crippen LogP contribution in [0.25, 0.3) is 0 Å². The number of fused-ring (bicyclic) bond motifs is 7. The van der Waals surface area contributed by atoms with Crippen LogP contribution < -0.4 is 0 Å². The molecule has 0 aromatic heterocycles. The highest BCUT2D eigenvalue weighted by atomic mass is 35.5. The van der Waals surface area contributed by atoms with Crippen molar-refractivity contribution >= 4 is 23.2 Å². The topological polar surface area (TPSA) is 0 Å². The number of halogens is 2. The van der Waals surface area contributed by atoms with Gasteiger partial charge in [-0.15, -0.1) is 23.2 Å². The van der Waals surface area contributed by atoms with E-state index in [0.717, 1.165) is 0 Å². The van der Waals surface area contributed by atoms with E-state index in [-0.39, 0.29) is 16.7 Å². The van der Waals surface area contributed by atoms with Gasteiger partial charge in [0.2, 0.25) is 0 Å². The fourth-order valence-corrected chi connectivity index (χ4v) is 4.66. The Kier molecular flexibility index (Phi) is 2.27. The number of benzene rings is 2. The van der Waals surface area contributed by atoms with E-state index in [1.165, 1.54) is 22.3 Å². The molecule has 0 saturated heterocycles. The van der Waals surface area contributed by atoms with Gasteiger partial charge in [-0.25, -0.2) is 0 Å². The summed E-state index contributed by atoms with van der Waals surface area (Å²) in [5.74, 6) is 0.545. The molecular formula is C16H12Cl2. The minimum atomic E-state index is -0.0106. The molecule has 0 N–H and O–H groups in total. The standard InChI is InChI=1S/C16H12Cl2/c17-15-12-8-4-3-7-11(12)13-9-5-1-2-6-10(9)14(15)16(13)18/h1-8,13-16H/t13-,14+,15+,16+/m0/s1. The van der Waals surface area contributed by atoms with Gasteiger partial charge < -0.3 is 0 Å². The first-order valence-corrected chi connectivity index (χ1v) is 7.12. The van der Waals surface area contributed by atoms with Crippen LogP contribution in [0.15, 0.2) is 48.5 Å². The quantitative estimate of drug-likeness (QED) is 0.605. The average molecular weight is 275 g/mol. The molecule has 2 aromatic carbocycles. The Morgan fingerprint density at radius 3 is 1.83 bits per heavy atom. The Labute approximate surface area is 117 Å². The van der Waals surface area contributed by atoms with Gasteiger partial charge in [-0.3, -0.25) is 0 Å². The molecule has 0 unspecified atom stereocenters. The lowest BCUT2D eigenvalue weighted by atomic mass is 9.80. The Bertz CT molecular complexity index is 620. The molecule has 0 spiro atoms. The third-order valence-electron chi connectivity index (χ3n) is 4.30. The van der Waals surface area contributed by atoms with Crippen molar-refractivity contribution in [3.05, 3.63) is 70.8 Å². The van der Waals surface area contributed by atoms with Crippen molar-refractivity contribution in [2.75, 3.05) is 0 Å². The van der Waals surface area contributed by atoms with Crippen LogP contribution in [-0.2, 0) is 0 Å². The fourth-order valence-electron chi connectivity index (χ4n) is 3.54. The van der Waals surface area contributed by atoms with E-state index in [2.05, 4.69) is 48.5 Å². The van der Waals surface area contributed by atoms with Crippen molar-refractivity contribution in [3.8, 4) is 0 Å². The number of rotatable bonds is 0. The van der Waals surface area contributed by atoms with Crippen molar-refractivity contribution in [3.63, 3.8) is 0 Å². The van der Waals surface area contributed by atoms with Crippen molar-refractivity contribution in [1.29, 1.82) is 0 Å². The average Bonchev–Trinajstić information content (AvgIpc) is 2.63. The Balaban J connectivity index is 2.04. The predicted octanol–water partition coefficient (Wildman–Crippen LogP) is 4.82. The van der Waals surface area contributed by atoms with E-state index >= 15 is 0 Å². The monoisotopic (exact) mass is 274 g/mol. The summed E-state index contributed by atoms with van der Waals surface area (Å²) in [5.41, 5.74) is 5.25. The molecule has 0 heterocycles. The van der Waals surface area contributed by atoms with Crippen molar-refractivity contribution in [1.82, 2.24) is 0 Å². The van der Waals surface area contributed by atoms with Crippen LogP contribution in [0.3, 0.4) is 0 Å². The molecule has 2 aromatic rings. The van der Waals surface area contributed by atoms with Crippen molar-refractivity contribution in [2.45, 2.75) is 22.6 Å². The normalized spacial score (nSPS) is 31.9. The first kappa shape index (κ1) is 10.9. The van der Waals surface area contributed by atoms with Gasteiger partial charge in [-0.05, 0) is 22.3 Å². The lowest BCUT2D eigenvalue weighted by Gasteiger charge is -2.32. The zero-order valence-electron chi connectivity index (χ0n) is 9.68. The summed E-state index contributed by atoms with van der Waals surface area (Å²) in [5, 5.41) is 0.0726. The smallest absolute Gasteiger partial charge is 0.0671 e. The zero-order valence-corrected chi connectivity index (χ0v) is 11.2. The molecule has 90 valence electrons. The molecule has 0 saturated carbocycles. The van der Waals surface area contributed by atoms with Crippen molar-refractivity contribution < 1.29 is 0 Å². The van der Waals surface area contributed by atoms with Crippen LogP contribution in [-0.4, -0.2) is 5.38 Å². The zero-order chi connectivity index (χ0) is 12.3. The van der Waals surface area contributed by atoms with Crippen LogP contribution in [0.4, 0.5) is 0 Å². The largest absolute Gasteiger partial charge is 0.121 e. The SMILES string of the molecule is Cl[C@@H]1[C@H]2c3ccccc3[C@@H]1[C@H](Cl)c1ccccc12. The Morgan fingerprint density at radius 1 is 0.667 bits per heavy atom. The van der Waals surface area contributed by atoms with Gasteiger partial charge in [0.25, 0.3) is 0 Å². The van der Waals surface area contributed by atoms with Crippen LogP contribution in [0, 0.1) is 0 Å². The highest BCUT2D eigenvalue weighted by Gasteiger charge is 2.48. The van der Waals surface area contributed by atoms with Gasteiger partial charge in [0.15, 0.2) is 0 Å². The lowest BCUT2D eigenvalue weighted by molar-refractivity contribution is 0.586. The molecule has 2 heteroatoms. The maximum Gasteiger partial charge on any atom is 0.0671 e. The third-order valence-corrected chi connectivity index (χ3v) is 5.33. The molecule has 2 aliphatic rings. The van der Waals surface area contributed by atoms with Crippen LogP contribution >= 0.6 is 23.2 Å². The van der Waals surface area contributed by atoms with Crippen LogP contribution in [0.2, 0.25) is 0 Å². The first-order chi connectivity index (χ1) is 8.79. The third kappa shape index (κ3) is 1.23. The molecule has 4 atom stereocenters. The number of hydrogen-bond acceptors (Lipinski definition) is 0. The minimum Gasteiger partial charge on any atom is -0.121 e. The molecule has 18 heavy (non-hydrogen) atoms. The molecule has 2 aliphatic carbocycles. The van der Waals surface area contributed by atoms with E-state index in [4.69, 9.17) is 23.2 Å². The summed E-state index contributed by atoms with van der Waals surface area (Å²) in [6, 6.07) is 17.0. The van der Waals surface area contributed by atoms with E-state index in [9.17, 15) is 0 Å². The summed E-state index contributed by atoms with van der Waals surface area (Å²) >= 11 is 13.4. The van der Waals surface area contributed by atoms with Gasteiger partial charge in [0.05, 0.1) is 10.8 Å². The second-order valence-corrected chi connectivity index (χ2v) is 6.08. The Morgan fingerprint density at radius 2 is 1.17 bits per heavy atom. The van der Waals surface area contributed by atoms with E-state index in [1.807, 2.05) is 0 Å². The molecule has 0 nitrogen and oxygen atoms in total. The summed E-state index contributed by atoms with van der Waals surface area (Å²) in [6.45, 7) is 0. The van der Waals surface area contributed by atoms with E-state index in [1.54, 1.807) is 0 Å². The molecule has 0 fully saturated rings. The molecule has 4 rings (SSSR count). The summed E-state index contributed by atoms with van der Waals surface area (Å²) < 4.78 is 0. The molecule has 0 radical (unpaired) electrons. The van der Waals surface area contributed by atoms with E-state index < -0.39 is 0 Å². The van der Waals surface area contributed by atoms with Gasteiger partial charge in [0, 0.05) is 11.8 Å². The molecular weight excluding hydrogens is 263 g/mol. The minimum absolute atomic E-state index is 0.0106. The van der Waals surface area contributed by atoms with Crippen LogP contribution in [0.1, 0.15) is 39.5 Å². The fraction of sp³-hybridized carbons (Fsp3) is 0.250. The second kappa shape index (κ2) is 3.76. The molecule has 2 bridgehead atoms. The molecule has 0 aliphatic heterocycles. The van der Waals surface area contributed by atoms with Gasteiger partial charge in [-0.1, -0.05) is 48.5 Å². The van der Waals surface area contributed by atoms with Crippen LogP contribution in [0.5, 0.6) is 0 Å². The summed E-state index contributed by atoms with van der Waals surface area (Å²) in [4.78, 5) is 0. The summed E-state index contributed by atoms with van der Waals surface area (Å²) in [6.07, 6.45) is 0. The second-order valence-electron chi connectivity index (χ2n) is 5.11. The summed E-state index contributed by atoms with van der Waals surface area (Å²) in [7, 11) is 0. The van der Waals surface area contributed by atoms with Gasteiger partial charge in [0.1, 0.15) is 0 Å². The first-order valence-electron chi connectivity index (χ1n) is 6.25. The highest BCUT2D eigenvalue weighted by molar-refractivity contribution is 6.26.